The van der Waals surface area contributed by atoms with Crippen molar-refractivity contribution < 1.29 is 37.7 Å². The average molecular weight is 757 g/mol. The summed E-state index contributed by atoms with van der Waals surface area (Å²) in [6.45, 7) is 2.79. The van der Waals surface area contributed by atoms with Crippen molar-refractivity contribution in [1.82, 2.24) is 19.9 Å². The minimum atomic E-state index is -0.603. The first-order chi connectivity index (χ1) is 20.4. The molecule has 0 amide bonds. The predicted octanol–water partition coefficient (Wildman–Crippen LogP) is 8.41. The second-order valence-corrected chi connectivity index (χ2v) is 8.76. The largest absolute Gasteiger partial charge is 0.305 e. The van der Waals surface area contributed by atoms with Gasteiger partial charge in [0.15, 0.2) is 0 Å². The van der Waals surface area contributed by atoms with Crippen molar-refractivity contribution in [2.45, 2.75) is 13.8 Å². The third-order valence-electron chi connectivity index (χ3n) is 5.93. The zero-order chi connectivity index (χ0) is 29.9. The van der Waals surface area contributed by atoms with Gasteiger partial charge in [-0.05, 0) is 47.8 Å². The Morgan fingerprint density at radius 1 is 0.465 bits per heavy atom. The van der Waals surface area contributed by atoms with Crippen molar-refractivity contribution >= 4 is 0 Å². The van der Waals surface area contributed by atoms with Crippen LogP contribution in [0.5, 0.6) is 0 Å². The van der Waals surface area contributed by atoms with Crippen LogP contribution in [0, 0.1) is 49.2 Å². The molecule has 0 bridgehead atoms. The fraction of sp³-hybridized carbons (Fsp3) is 0.0588. The minimum absolute atomic E-state index is 0. The summed E-state index contributed by atoms with van der Waals surface area (Å²) < 4.78 is 53.2. The summed E-state index contributed by atoms with van der Waals surface area (Å²) in [5, 5.41) is 0. The van der Waals surface area contributed by atoms with Crippen molar-refractivity contribution in [3.63, 3.8) is 0 Å². The summed E-state index contributed by atoms with van der Waals surface area (Å²) in [5.74, 6) is -2.39. The molecule has 0 saturated carbocycles. The Hall–Kier alpha value is -4.59. The Kier molecular flexibility index (Phi) is 12.4. The average Bonchev–Trinajstić information content (AvgIpc) is 3.05. The van der Waals surface area contributed by atoms with Crippen LogP contribution in [0.4, 0.5) is 17.6 Å². The number of halogens is 4. The Balaban J connectivity index is 0.000000176. The number of rotatable bonds is 3. The molecule has 43 heavy (non-hydrogen) atoms. The van der Waals surface area contributed by atoms with Gasteiger partial charge < -0.3 is 9.97 Å². The maximum atomic E-state index is 13.6. The smallest absolute Gasteiger partial charge is 0.0886 e. The molecular formula is C34H24F4IrN4-2. The minimum Gasteiger partial charge on any atom is -0.305 e. The molecule has 0 N–H and O–H groups in total. The van der Waals surface area contributed by atoms with Crippen LogP contribution in [0.3, 0.4) is 0 Å². The number of hydrogen-bond acceptors (Lipinski definition) is 4. The Morgan fingerprint density at radius 2 is 0.767 bits per heavy atom. The van der Waals surface area contributed by atoms with Gasteiger partial charge in [0, 0.05) is 68.2 Å². The van der Waals surface area contributed by atoms with Gasteiger partial charge in [0.25, 0.3) is 0 Å². The summed E-state index contributed by atoms with van der Waals surface area (Å²) in [6, 6.07) is 29.2. The van der Waals surface area contributed by atoms with Crippen LogP contribution in [0.2, 0.25) is 0 Å². The molecule has 6 aromatic rings. The van der Waals surface area contributed by atoms with E-state index >= 15 is 0 Å². The predicted molar refractivity (Wildman–Crippen MR) is 154 cm³/mol. The van der Waals surface area contributed by atoms with Gasteiger partial charge in [-0.3, -0.25) is 27.5 Å². The Bertz CT molecular complexity index is 1590. The van der Waals surface area contributed by atoms with Gasteiger partial charge in [0.05, 0.1) is 11.4 Å². The Labute approximate surface area is 260 Å². The fourth-order valence-corrected chi connectivity index (χ4v) is 3.62. The monoisotopic (exact) mass is 757 g/mol. The molecule has 4 aromatic heterocycles. The van der Waals surface area contributed by atoms with Gasteiger partial charge in [0.2, 0.25) is 0 Å². The third-order valence-corrected chi connectivity index (χ3v) is 5.93. The van der Waals surface area contributed by atoms with Crippen molar-refractivity contribution in [3.05, 3.63) is 156 Å². The first-order valence-corrected chi connectivity index (χ1v) is 12.7. The number of pyridine rings is 4. The third kappa shape index (κ3) is 8.70. The van der Waals surface area contributed by atoms with E-state index in [1.165, 1.54) is 13.8 Å². The van der Waals surface area contributed by atoms with Crippen LogP contribution in [0.25, 0.3) is 33.9 Å². The molecule has 6 rings (SSSR count). The maximum Gasteiger partial charge on any atom is 0.0886 e. The van der Waals surface area contributed by atoms with Crippen molar-refractivity contribution in [2.75, 3.05) is 0 Å². The molecule has 0 unspecified atom stereocenters. The first-order valence-electron chi connectivity index (χ1n) is 12.7. The second kappa shape index (κ2) is 16.2. The Morgan fingerprint density at radius 3 is 1.05 bits per heavy atom. The van der Waals surface area contributed by atoms with Crippen LogP contribution >= 0.6 is 0 Å². The van der Waals surface area contributed by atoms with Gasteiger partial charge in [0.1, 0.15) is 0 Å². The molecule has 9 heteroatoms. The maximum absolute atomic E-state index is 13.6. The normalized spacial score (nSPS) is 9.91. The van der Waals surface area contributed by atoms with E-state index in [2.05, 4.69) is 32.1 Å². The van der Waals surface area contributed by atoms with E-state index in [-0.39, 0.29) is 42.4 Å². The first kappa shape index (κ1) is 32.9. The van der Waals surface area contributed by atoms with Crippen LogP contribution in [-0.4, -0.2) is 19.9 Å². The second-order valence-electron chi connectivity index (χ2n) is 8.76. The summed E-state index contributed by atoms with van der Waals surface area (Å²) >= 11 is 0. The SMILES string of the molecule is Cc1c(F)c[c-]c(-c2ccccn2)c1F.Cc1c(F)c[c-]c(-c2ccccn2)c1F.[Ir].c1ccc(-c2ccccn2)nc1. The molecule has 2 aromatic carbocycles. The van der Waals surface area contributed by atoms with Crippen molar-refractivity contribution in [3.8, 4) is 33.9 Å². The van der Waals surface area contributed by atoms with Crippen LogP contribution in [-0.2, 0) is 20.1 Å². The van der Waals surface area contributed by atoms with Crippen LogP contribution in [0.15, 0.2) is 110 Å². The summed E-state index contributed by atoms with van der Waals surface area (Å²) in [7, 11) is 0. The molecule has 4 heterocycles. The molecule has 0 aliphatic rings. The van der Waals surface area contributed by atoms with Gasteiger partial charge in [-0.1, -0.05) is 72.5 Å². The van der Waals surface area contributed by atoms with Crippen molar-refractivity contribution in [2.24, 2.45) is 0 Å². The standard InChI is InChI=1S/2C12H8F2N.C10H8N2.Ir/c2*1-8-10(13)6-5-9(12(8)14)11-4-2-3-7-15-11;1-3-7-11-9(5-1)10-6-2-4-8-12-10;/h2*2-4,6-7H,1H3;1-8H;/q2*-1;;. The van der Waals surface area contributed by atoms with E-state index in [4.69, 9.17) is 0 Å². The zero-order valence-electron chi connectivity index (χ0n) is 23.0. The fourth-order valence-electron chi connectivity index (χ4n) is 3.62. The van der Waals surface area contributed by atoms with Gasteiger partial charge in [-0.15, -0.1) is 24.3 Å². The molecule has 4 nitrogen and oxygen atoms in total. The zero-order valence-corrected chi connectivity index (χ0v) is 25.4. The molecule has 0 fully saturated rings. The van der Waals surface area contributed by atoms with Crippen LogP contribution < -0.4 is 0 Å². The van der Waals surface area contributed by atoms with E-state index < -0.39 is 23.3 Å². The van der Waals surface area contributed by atoms with E-state index in [0.717, 1.165) is 23.5 Å². The van der Waals surface area contributed by atoms with E-state index in [0.29, 0.717) is 11.4 Å². The number of hydrogen-bond donors (Lipinski definition) is 0. The summed E-state index contributed by atoms with van der Waals surface area (Å²) in [4.78, 5) is 16.3. The van der Waals surface area contributed by atoms with E-state index in [9.17, 15) is 17.6 Å². The molecule has 219 valence electrons. The van der Waals surface area contributed by atoms with E-state index in [1.807, 2.05) is 36.4 Å². The molecule has 0 saturated heterocycles. The van der Waals surface area contributed by atoms with Crippen LogP contribution in [0.1, 0.15) is 11.1 Å². The molecule has 1 radical (unpaired) electrons. The molecule has 0 aliphatic heterocycles. The summed E-state index contributed by atoms with van der Waals surface area (Å²) in [6.07, 6.45) is 6.65. The van der Waals surface area contributed by atoms with Crippen molar-refractivity contribution in [1.29, 1.82) is 0 Å². The molecular weight excluding hydrogens is 733 g/mol. The summed E-state index contributed by atoms with van der Waals surface area (Å²) in [5.41, 5.74) is 3.14. The quantitative estimate of drug-likeness (QED) is 0.135. The number of aromatic nitrogens is 4. The van der Waals surface area contributed by atoms with Gasteiger partial charge in [-0.2, -0.15) is 0 Å². The number of benzene rings is 2. The van der Waals surface area contributed by atoms with Gasteiger partial charge in [-0.25, -0.2) is 0 Å². The molecule has 0 atom stereocenters. The van der Waals surface area contributed by atoms with E-state index in [1.54, 1.807) is 61.2 Å². The van der Waals surface area contributed by atoms with Gasteiger partial charge >= 0.3 is 0 Å². The topological polar surface area (TPSA) is 51.6 Å². The molecule has 0 aliphatic carbocycles. The molecule has 0 spiro atoms. The number of nitrogens with zero attached hydrogens (tertiary/aromatic N) is 4.